The highest BCUT2D eigenvalue weighted by Gasteiger charge is 2.30. The van der Waals surface area contributed by atoms with E-state index in [-0.39, 0.29) is 30.2 Å². The van der Waals surface area contributed by atoms with Crippen molar-refractivity contribution in [3.63, 3.8) is 0 Å². The Bertz CT molecular complexity index is 729. The lowest BCUT2D eigenvalue weighted by molar-refractivity contribution is -0.121. The molecular weight excluding hydrogens is 322 g/mol. The van der Waals surface area contributed by atoms with Crippen LogP contribution >= 0.6 is 11.8 Å². The van der Waals surface area contributed by atoms with Gasteiger partial charge in [0.15, 0.2) is 22.6 Å². The first kappa shape index (κ1) is 15.2. The van der Waals surface area contributed by atoms with Crippen molar-refractivity contribution in [1.82, 2.24) is 0 Å². The van der Waals surface area contributed by atoms with Crippen LogP contribution in [0.15, 0.2) is 28.2 Å². The monoisotopic (exact) mass is 335 g/mol. The molecule has 0 spiro atoms. The normalized spacial score (nSPS) is 18.5. The number of carbonyl (C=O) groups excluding carboxylic acids is 2. The number of benzene rings is 1. The SMILES string of the molecule is NC(N)=NC1=NC(=O)[C@@H](CC(=O)Nc2ccc3c(c2)OCO3)S1. The Kier molecular flexibility index (Phi) is 4.06. The average molecular weight is 335 g/mol. The topological polar surface area (TPSA) is 141 Å². The summed E-state index contributed by atoms with van der Waals surface area (Å²) in [7, 11) is 0. The van der Waals surface area contributed by atoms with Gasteiger partial charge >= 0.3 is 0 Å². The van der Waals surface area contributed by atoms with Crippen LogP contribution in [0, 0.1) is 0 Å². The van der Waals surface area contributed by atoms with Crippen LogP contribution in [0.1, 0.15) is 6.42 Å². The minimum Gasteiger partial charge on any atom is -0.454 e. The summed E-state index contributed by atoms with van der Waals surface area (Å²) in [5.41, 5.74) is 11.0. The number of fused-ring (bicyclic) bond motifs is 1. The molecule has 1 aromatic carbocycles. The summed E-state index contributed by atoms with van der Waals surface area (Å²) in [6, 6.07) is 5.05. The molecule has 0 aromatic heterocycles. The lowest BCUT2D eigenvalue weighted by Crippen LogP contribution is -2.23. The van der Waals surface area contributed by atoms with Crippen molar-refractivity contribution in [2.24, 2.45) is 21.5 Å². The smallest absolute Gasteiger partial charge is 0.262 e. The zero-order valence-electron chi connectivity index (χ0n) is 11.8. The number of amidine groups is 1. The van der Waals surface area contributed by atoms with Gasteiger partial charge in [0.2, 0.25) is 12.7 Å². The zero-order valence-corrected chi connectivity index (χ0v) is 12.6. The number of nitrogens with one attached hydrogen (secondary N) is 1. The molecule has 0 unspecified atom stereocenters. The highest BCUT2D eigenvalue weighted by atomic mass is 32.2. The first-order valence-corrected chi connectivity index (χ1v) is 7.47. The van der Waals surface area contributed by atoms with E-state index in [4.69, 9.17) is 20.9 Å². The van der Waals surface area contributed by atoms with Crippen molar-refractivity contribution in [1.29, 1.82) is 0 Å². The van der Waals surface area contributed by atoms with Gasteiger partial charge < -0.3 is 26.3 Å². The number of hydrogen-bond acceptors (Lipinski definition) is 6. The molecule has 0 bridgehead atoms. The van der Waals surface area contributed by atoms with Gasteiger partial charge in [-0.2, -0.15) is 9.98 Å². The number of ether oxygens (including phenoxy) is 2. The molecule has 3 rings (SSSR count). The zero-order chi connectivity index (χ0) is 16.4. The van der Waals surface area contributed by atoms with Crippen molar-refractivity contribution in [3.8, 4) is 11.5 Å². The molecule has 2 heterocycles. The number of guanidine groups is 1. The number of hydrogen-bond donors (Lipinski definition) is 3. The molecule has 0 fully saturated rings. The molecule has 23 heavy (non-hydrogen) atoms. The molecule has 2 aliphatic heterocycles. The Labute approximate surface area is 135 Å². The maximum absolute atomic E-state index is 12.1. The summed E-state index contributed by atoms with van der Waals surface area (Å²) < 4.78 is 10.4. The van der Waals surface area contributed by atoms with E-state index in [1.165, 1.54) is 0 Å². The third-order valence-corrected chi connectivity index (χ3v) is 4.03. The number of nitrogens with two attached hydrogens (primary N) is 2. The van der Waals surface area contributed by atoms with Gasteiger partial charge in [-0.3, -0.25) is 9.59 Å². The van der Waals surface area contributed by atoms with Crippen LogP contribution in [0.4, 0.5) is 5.69 Å². The van der Waals surface area contributed by atoms with E-state index >= 15 is 0 Å². The Morgan fingerprint density at radius 1 is 1.39 bits per heavy atom. The molecule has 9 nitrogen and oxygen atoms in total. The second-order valence-corrected chi connectivity index (χ2v) is 5.87. The van der Waals surface area contributed by atoms with Crippen LogP contribution in [0.2, 0.25) is 0 Å². The molecule has 2 aliphatic rings. The van der Waals surface area contributed by atoms with Gasteiger partial charge in [0.1, 0.15) is 5.25 Å². The summed E-state index contributed by atoms with van der Waals surface area (Å²) in [4.78, 5) is 31.2. The third kappa shape index (κ3) is 3.54. The Morgan fingerprint density at radius 2 is 2.17 bits per heavy atom. The second kappa shape index (κ2) is 6.16. The predicted octanol–water partition coefficient (Wildman–Crippen LogP) is 0.0153. The van der Waals surface area contributed by atoms with Crippen LogP contribution < -0.4 is 26.3 Å². The van der Waals surface area contributed by atoms with Crippen LogP contribution in [0.25, 0.3) is 0 Å². The third-order valence-electron chi connectivity index (χ3n) is 2.98. The quantitative estimate of drug-likeness (QED) is 0.522. The molecule has 0 aliphatic carbocycles. The highest BCUT2D eigenvalue weighted by Crippen LogP contribution is 2.34. The van der Waals surface area contributed by atoms with Gasteiger partial charge in [0.25, 0.3) is 5.91 Å². The van der Waals surface area contributed by atoms with E-state index in [9.17, 15) is 9.59 Å². The number of aliphatic imine (C=N–C) groups is 2. The summed E-state index contributed by atoms with van der Waals surface area (Å²) in [6.45, 7) is 0.158. The summed E-state index contributed by atoms with van der Waals surface area (Å²) in [5, 5.41) is 2.22. The molecule has 1 atom stereocenters. The lowest BCUT2D eigenvalue weighted by Gasteiger charge is -2.08. The first-order valence-electron chi connectivity index (χ1n) is 6.59. The average Bonchev–Trinajstić information content (AvgIpc) is 3.05. The summed E-state index contributed by atoms with van der Waals surface area (Å²) in [6.07, 6.45) is -0.0368. The van der Waals surface area contributed by atoms with Crippen molar-refractivity contribution in [2.45, 2.75) is 11.7 Å². The van der Waals surface area contributed by atoms with Crippen LogP contribution in [0.3, 0.4) is 0 Å². The number of rotatable bonds is 3. The van der Waals surface area contributed by atoms with E-state index in [0.29, 0.717) is 17.2 Å². The second-order valence-electron chi connectivity index (χ2n) is 4.70. The molecular formula is C13H13N5O4S. The fourth-order valence-corrected chi connectivity index (χ4v) is 2.96. The lowest BCUT2D eigenvalue weighted by atomic mass is 10.2. The number of nitrogens with zero attached hydrogens (tertiary/aromatic N) is 2. The molecule has 0 saturated heterocycles. The fraction of sp³-hybridized carbons (Fsp3) is 0.231. The molecule has 120 valence electrons. The van der Waals surface area contributed by atoms with E-state index in [0.717, 1.165) is 11.8 Å². The predicted molar refractivity (Wildman–Crippen MR) is 85.4 cm³/mol. The molecule has 2 amide bonds. The number of thioether (sulfide) groups is 1. The van der Waals surface area contributed by atoms with Crippen LogP contribution in [0.5, 0.6) is 11.5 Å². The van der Waals surface area contributed by atoms with Gasteiger partial charge in [0.05, 0.1) is 0 Å². The fourth-order valence-electron chi connectivity index (χ4n) is 2.02. The molecule has 0 radical (unpaired) electrons. The van der Waals surface area contributed by atoms with Crippen molar-refractivity contribution >= 4 is 40.4 Å². The largest absolute Gasteiger partial charge is 0.454 e. The Hall–Kier alpha value is -2.75. The Balaban J connectivity index is 1.58. The maximum atomic E-state index is 12.1. The van der Waals surface area contributed by atoms with Crippen molar-refractivity contribution < 1.29 is 19.1 Å². The number of carbonyl (C=O) groups is 2. The maximum Gasteiger partial charge on any atom is 0.262 e. The number of anilines is 1. The first-order chi connectivity index (χ1) is 11.0. The van der Waals surface area contributed by atoms with Crippen LogP contribution in [-0.4, -0.2) is 35.0 Å². The van der Waals surface area contributed by atoms with Crippen LogP contribution in [-0.2, 0) is 9.59 Å². The van der Waals surface area contributed by atoms with E-state index in [1.54, 1.807) is 18.2 Å². The Morgan fingerprint density at radius 3 is 2.96 bits per heavy atom. The summed E-state index contributed by atoms with van der Waals surface area (Å²) in [5.74, 6) is 0.244. The van der Waals surface area contributed by atoms with Crippen molar-refractivity contribution in [3.05, 3.63) is 18.2 Å². The van der Waals surface area contributed by atoms with E-state index in [1.807, 2.05) is 0 Å². The molecule has 5 N–H and O–H groups in total. The van der Waals surface area contributed by atoms with Gasteiger partial charge in [-0.1, -0.05) is 11.8 Å². The van der Waals surface area contributed by atoms with Gasteiger partial charge in [-0.05, 0) is 12.1 Å². The number of amides is 2. The highest BCUT2D eigenvalue weighted by molar-refractivity contribution is 8.15. The van der Waals surface area contributed by atoms with E-state index < -0.39 is 11.2 Å². The molecule has 10 heteroatoms. The van der Waals surface area contributed by atoms with Gasteiger partial charge in [0, 0.05) is 18.2 Å². The molecule has 0 saturated carbocycles. The summed E-state index contributed by atoms with van der Waals surface area (Å²) >= 11 is 1.05. The minimum absolute atomic E-state index is 0.0368. The molecule has 1 aromatic rings. The standard InChI is InChI=1S/C13H13N5O4S/c14-12(15)18-13-17-11(20)9(23-13)4-10(19)16-6-1-2-7-8(3-6)22-5-21-7/h1-3,9H,4-5H2,(H,16,19)(H4,14,15,17,18,20)/t9-/m1/s1. The van der Waals surface area contributed by atoms with Gasteiger partial charge in [-0.15, -0.1) is 0 Å². The van der Waals surface area contributed by atoms with Gasteiger partial charge in [-0.25, -0.2) is 0 Å². The minimum atomic E-state index is -0.637. The van der Waals surface area contributed by atoms with Crippen molar-refractivity contribution in [2.75, 3.05) is 12.1 Å². The van der Waals surface area contributed by atoms with E-state index in [2.05, 4.69) is 15.3 Å².